The first kappa shape index (κ1) is 52.2. The SMILES string of the molecule is C.CC(C)CBr.CC(C)Cn1c(CSc2ccccc2)nc2ccccc21.Nc1ccccc1N.O=C(O)CSc1ccccc1.c1ccc(SCc2nc3ccccc3[nH]2)cc1. The number of fused-ring (bicyclic) bond motifs is 2. The maximum atomic E-state index is 10.2. The number of aliphatic carboxylic acids is 1. The molecule has 8 rings (SSSR count). The first-order valence-electron chi connectivity index (χ1n) is 20.3. The van der Waals surface area contributed by atoms with Crippen LogP contribution in [0.15, 0.2) is 178 Å². The third-order valence-electron chi connectivity index (χ3n) is 8.36. The van der Waals surface area contributed by atoms with Gasteiger partial charge in [0.2, 0.25) is 0 Å². The number of para-hydroxylation sites is 6. The predicted octanol–water partition coefficient (Wildman–Crippen LogP) is 14.2. The molecule has 0 radical (unpaired) electrons. The number of H-pyrrole nitrogens is 1. The number of thioether (sulfide) groups is 3. The van der Waals surface area contributed by atoms with Crippen molar-refractivity contribution >= 4 is 90.6 Å². The average molecular weight is 966 g/mol. The van der Waals surface area contributed by atoms with E-state index >= 15 is 0 Å². The molecule has 8 nitrogen and oxygen atoms in total. The van der Waals surface area contributed by atoms with Crippen LogP contribution in [0, 0.1) is 11.8 Å². The van der Waals surface area contributed by atoms with Gasteiger partial charge in [0.05, 0.1) is 50.7 Å². The standard InChI is InChI=1S/C18H20N2S.C14H12N2S.C8H8O2S.C6H8N2.C4H9Br.CH4/c1-14(2)12-20-17-11-7-6-10-16(17)19-18(20)13-21-15-8-4-3-5-9-15;1-2-6-11(7-3-1)17-10-14-15-12-8-4-5-9-13(12)16-14;9-8(10)6-11-7-4-2-1-3-5-7;7-5-3-1-2-4-6(5)8;1-4(2)3-5;/h3-11,14H,12-13H2,1-2H3;1-9H,10H2,(H,15,16);1-5H,6H2,(H,9,10);1-4H,7-8H2;4H,3H2,1-2H3;1H4. The highest BCUT2D eigenvalue weighted by atomic mass is 79.9. The van der Waals surface area contributed by atoms with Crippen molar-refractivity contribution in [2.75, 3.05) is 22.6 Å². The molecule has 2 aromatic heterocycles. The largest absolute Gasteiger partial charge is 0.481 e. The van der Waals surface area contributed by atoms with Crippen molar-refractivity contribution in [1.82, 2.24) is 19.5 Å². The number of halogens is 1. The quantitative estimate of drug-likeness (QED) is 0.0536. The van der Waals surface area contributed by atoms with E-state index in [1.54, 1.807) is 23.9 Å². The summed E-state index contributed by atoms with van der Waals surface area (Å²) < 4.78 is 2.37. The number of benzene rings is 6. The first-order chi connectivity index (χ1) is 30.0. The number of carboxylic acids is 1. The van der Waals surface area contributed by atoms with Crippen molar-refractivity contribution in [3.8, 4) is 0 Å². The third kappa shape index (κ3) is 19.8. The van der Waals surface area contributed by atoms with Crippen LogP contribution in [0.1, 0.15) is 46.8 Å². The molecule has 332 valence electrons. The lowest BCUT2D eigenvalue weighted by Crippen LogP contribution is -2.07. The second-order valence-corrected chi connectivity index (χ2v) is 18.4. The Hall–Kier alpha value is -5.14. The van der Waals surface area contributed by atoms with Crippen molar-refractivity contribution < 1.29 is 9.90 Å². The predicted molar refractivity (Wildman–Crippen MR) is 278 cm³/mol. The molecule has 0 amide bonds. The van der Waals surface area contributed by atoms with Crippen molar-refractivity contribution in [1.29, 1.82) is 0 Å². The van der Waals surface area contributed by atoms with Gasteiger partial charge in [0.25, 0.3) is 0 Å². The summed E-state index contributed by atoms with van der Waals surface area (Å²) in [7, 11) is 0. The van der Waals surface area contributed by atoms with Crippen LogP contribution in [0.4, 0.5) is 11.4 Å². The molecular weight excluding hydrogens is 905 g/mol. The Bertz CT molecular complexity index is 2410. The van der Waals surface area contributed by atoms with Crippen LogP contribution in [-0.4, -0.2) is 41.7 Å². The third-order valence-corrected chi connectivity index (χ3v) is 12.7. The van der Waals surface area contributed by atoms with Crippen LogP contribution in [0.3, 0.4) is 0 Å². The lowest BCUT2D eigenvalue weighted by molar-refractivity contribution is -0.133. The van der Waals surface area contributed by atoms with Gasteiger partial charge in [-0.25, -0.2) is 9.97 Å². The van der Waals surface area contributed by atoms with E-state index in [1.165, 1.54) is 32.9 Å². The number of aromatic nitrogens is 4. The Morgan fingerprint density at radius 2 is 1.06 bits per heavy atom. The topological polar surface area (TPSA) is 136 Å². The summed E-state index contributed by atoms with van der Waals surface area (Å²) in [6.07, 6.45) is 0. The number of alkyl halides is 1. The fourth-order valence-corrected chi connectivity index (χ4v) is 7.68. The van der Waals surface area contributed by atoms with Crippen molar-refractivity contribution in [2.24, 2.45) is 11.8 Å². The molecule has 12 heteroatoms. The van der Waals surface area contributed by atoms with E-state index in [9.17, 15) is 4.79 Å². The molecule has 8 aromatic rings. The Morgan fingerprint density at radius 1 is 0.619 bits per heavy atom. The molecule has 0 atom stereocenters. The number of aromatic amines is 1. The lowest BCUT2D eigenvalue weighted by atomic mass is 10.2. The summed E-state index contributed by atoms with van der Waals surface area (Å²) in [6.45, 7) is 9.88. The molecule has 0 aliphatic heterocycles. The van der Waals surface area contributed by atoms with Crippen molar-refractivity contribution in [3.05, 3.63) is 175 Å². The number of nitrogens with one attached hydrogen (secondary N) is 1. The molecule has 0 spiro atoms. The second kappa shape index (κ2) is 29.3. The summed E-state index contributed by atoms with van der Waals surface area (Å²) in [5.41, 5.74) is 16.6. The Kier molecular flexibility index (Phi) is 24.3. The van der Waals surface area contributed by atoms with E-state index in [0.717, 1.165) is 56.6 Å². The summed E-state index contributed by atoms with van der Waals surface area (Å²) in [5, 5.41) is 9.47. The summed E-state index contributed by atoms with van der Waals surface area (Å²) >= 11 is 8.28. The van der Waals surface area contributed by atoms with E-state index in [4.69, 9.17) is 21.6 Å². The van der Waals surface area contributed by atoms with Crippen LogP contribution in [0.2, 0.25) is 0 Å². The Balaban J connectivity index is 0.000000225. The van der Waals surface area contributed by atoms with E-state index in [0.29, 0.717) is 17.3 Å². The minimum absolute atomic E-state index is 0. The fraction of sp³-hybridized carbons (Fsp3) is 0.235. The maximum Gasteiger partial charge on any atom is 0.313 e. The number of carboxylic acid groups (broad SMARTS) is 1. The van der Waals surface area contributed by atoms with Gasteiger partial charge in [-0.3, -0.25) is 4.79 Å². The van der Waals surface area contributed by atoms with Crippen molar-refractivity contribution in [3.63, 3.8) is 0 Å². The fourth-order valence-electron chi connectivity index (χ4n) is 5.38. The van der Waals surface area contributed by atoms with Gasteiger partial charge >= 0.3 is 5.97 Å². The molecule has 0 unspecified atom stereocenters. The molecule has 0 saturated carbocycles. The van der Waals surface area contributed by atoms with Crippen LogP contribution in [-0.2, 0) is 22.8 Å². The summed E-state index contributed by atoms with van der Waals surface area (Å²) in [5.74, 6) is 4.74. The zero-order valence-corrected chi connectivity index (χ0v) is 39.8. The molecule has 6 aromatic carbocycles. The highest BCUT2D eigenvalue weighted by Crippen LogP contribution is 2.26. The van der Waals surface area contributed by atoms with Gasteiger partial charge in [0.15, 0.2) is 0 Å². The minimum Gasteiger partial charge on any atom is -0.481 e. The van der Waals surface area contributed by atoms with E-state index in [-0.39, 0.29) is 13.2 Å². The molecule has 63 heavy (non-hydrogen) atoms. The van der Waals surface area contributed by atoms with Gasteiger partial charge in [-0.2, -0.15) is 0 Å². The molecule has 0 aliphatic rings. The Labute approximate surface area is 395 Å². The molecule has 6 N–H and O–H groups in total. The van der Waals surface area contributed by atoms with Gasteiger partial charge in [-0.05, 0) is 84.6 Å². The highest BCUT2D eigenvalue weighted by molar-refractivity contribution is 9.09. The van der Waals surface area contributed by atoms with E-state index < -0.39 is 5.97 Å². The molecule has 0 fully saturated rings. The number of nitrogen functional groups attached to an aromatic ring is 2. The number of hydrogen-bond donors (Lipinski definition) is 4. The first-order valence-corrected chi connectivity index (χ1v) is 24.4. The van der Waals surface area contributed by atoms with Gasteiger partial charge in [0, 0.05) is 26.6 Å². The second-order valence-electron chi connectivity index (χ2n) is 14.6. The minimum atomic E-state index is -0.779. The molecule has 2 heterocycles. The number of nitrogens with zero attached hydrogens (tertiary/aromatic N) is 3. The average Bonchev–Trinajstić information content (AvgIpc) is 3.87. The van der Waals surface area contributed by atoms with Crippen LogP contribution >= 0.6 is 51.2 Å². The maximum absolute atomic E-state index is 10.2. The summed E-state index contributed by atoms with van der Waals surface area (Å²) in [6, 6.07) is 54.2. The van der Waals surface area contributed by atoms with Gasteiger partial charge < -0.3 is 26.1 Å². The zero-order valence-electron chi connectivity index (χ0n) is 35.7. The zero-order chi connectivity index (χ0) is 44.5. The summed E-state index contributed by atoms with van der Waals surface area (Å²) in [4.78, 5) is 26.4. The normalized spacial score (nSPS) is 10.3. The highest BCUT2D eigenvalue weighted by Gasteiger charge is 2.12. The van der Waals surface area contributed by atoms with E-state index in [2.05, 4.69) is 143 Å². The van der Waals surface area contributed by atoms with Gasteiger partial charge in [-0.15, -0.1) is 35.3 Å². The molecule has 0 bridgehead atoms. The molecule has 0 aliphatic carbocycles. The number of imidazole rings is 2. The van der Waals surface area contributed by atoms with E-state index in [1.807, 2.05) is 78.5 Å². The van der Waals surface area contributed by atoms with Crippen LogP contribution in [0.25, 0.3) is 22.1 Å². The van der Waals surface area contributed by atoms with Crippen molar-refractivity contribution in [2.45, 2.75) is 67.9 Å². The number of rotatable bonds is 12. The Morgan fingerprint density at radius 3 is 1.54 bits per heavy atom. The monoisotopic (exact) mass is 964 g/mol. The van der Waals surface area contributed by atoms with Gasteiger partial charge in [-0.1, -0.05) is 142 Å². The van der Waals surface area contributed by atoms with Crippen LogP contribution < -0.4 is 11.5 Å². The number of anilines is 2. The molecular formula is C51H61BrN6O2S3. The smallest absolute Gasteiger partial charge is 0.313 e. The number of hydrogen-bond acceptors (Lipinski definition) is 8. The van der Waals surface area contributed by atoms with Crippen LogP contribution in [0.5, 0.6) is 0 Å². The number of carbonyl (C=O) groups is 1. The lowest BCUT2D eigenvalue weighted by Gasteiger charge is -2.11. The molecule has 0 saturated heterocycles. The van der Waals surface area contributed by atoms with Gasteiger partial charge in [0.1, 0.15) is 11.6 Å². The number of nitrogens with two attached hydrogens (primary N) is 2.